The molecule has 2 atom stereocenters. The average molecular weight is 342 g/mol. The number of hydrogen-bond acceptors (Lipinski definition) is 5. The molecule has 1 amide bonds. The van der Waals surface area contributed by atoms with E-state index in [-0.39, 0.29) is 18.1 Å². The zero-order valence-electron chi connectivity index (χ0n) is 14.2. The molecule has 2 aliphatic rings. The van der Waals surface area contributed by atoms with Gasteiger partial charge in [-0.2, -0.15) is 5.10 Å². The van der Waals surface area contributed by atoms with Crippen LogP contribution in [-0.2, 0) is 17.6 Å². The molecule has 2 aromatic heterocycles. The molecular formula is C18H22N4O3. The van der Waals surface area contributed by atoms with E-state index in [4.69, 9.17) is 9.47 Å². The van der Waals surface area contributed by atoms with Crippen molar-refractivity contribution in [3.63, 3.8) is 0 Å². The van der Waals surface area contributed by atoms with Gasteiger partial charge in [0, 0.05) is 23.6 Å². The monoisotopic (exact) mass is 342 g/mol. The number of aromatic amines is 1. The van der Waals surface area contributed by atoms with E-state index in [9.17, 15) is 4.79 Å². The molecule has 1 aliphatic heterocycles. The van der Waals surface area contributed by atoms with E-state index in [1.54, 1.807) is 6.20 Å². The number of amides is 1. The lowest BCUT2D eigenvalue weighted by Gasteiger charge is -2.32. The first-order valence-electron chi connectivity index (χ1n) is 8.75. The lowest BCUT2D eigenvalue weighted by Crippen LogP contribution is -2.51. The second-order valence-corrected chi connectivity index (χ2v) is 6.62. The fourth-order valence-electron chi connectivity index (χ4n) is 3.44. The van der Waals surface area contributed by atoms with E-state index in [2.05, 4.69) is 20.5 Å². The minimum atomic E-state index is -0.241. The van der Waals surface area contributed by atoms with Crippen LogP contribution >= 0.6 is 0 Å². The van der Waals surface area contributed by atoms with Crippen LogP contribution in [0.15, 0.2) is 18.3 Å². The zero-order valence-corrected chi connectivity index (χ0v) is 14.2. The first-order valence-corrected chi connectivity index (χ1v) is 8.75. The first-order chi connectivity index (χ1) is 12.2. The van der Waals surface area contributed by atoms with Crippen molar-refractivity contribution in [2.75, 3.05) is 13.2 Å². The second kappa shape index (κ2) is 6.84. The third-order valence-electron chi connectivity index (χ3n) is 4.81. The summed E-state index contributed by atoms with van der Waals surface area (Å²) in [7, 11) is 0. The number of fused-ring (bicyclic) bond motifs is 1. The largest absolute Gasteiger partial charge is 0.484 e. The maximum absolute atomic E-state index is 12.7. The molecule has 0 bridgehead atoms. The maximum Gasteiger partial charge on any atom is 0.272 e. The molecule has 2 aromatic rings. The molecule has 1 aliphatic carbocycles. The Labute approximate surface area is 146 Å². The van der Waals surface area contributed by atoms with Crippen LogP contribution in [0.1, 0.15) is 40.3 Å². The summed E-state index contributed by atoms with van der Waals surface area (Å²) in [5.74, 6) is 0.544. The number of carbonyl (C=O) groups is 1. The third kappa shape index (κ3) is 3.37. The molecule has 0 unspecified atom stereocenters. The summed E-state index contributed by atoms with van der Waals surface area (Å²) in [5.41, 5.74) is 3.61. The topological polar surface area (TPSA) is 89.1 Å². The van der Waals surface area contributed by atoms with Crippen molar-refractivity contribution in [2.45, 2.75) is 44.8 Å². The lowest BCUT2D eigenvalue weighted by atomic mass is 10.1. The number of pyridine rings is 1. The van der Waals surface area contributed by atoms with Gasteiger partial charge in [-0.05, 0) is 44.7 Å². The SMILES string of the molecule is Cc1ccc(O[C@@H]2COCC[C@@H]2NC(=O)c2n[nH]c3c2CCC3)cn1. The van der Waals surface area contributed by atoms with E-state index in [1.165, 1.54) is 0 Å². The minimum Gasteiger partial charge on any atom is -0.484 e. The highest BCUT2D eigenvalue weighted by Crippen LogP contribution is 2.23. The molecule has 2 N–H and O–H groups in total. The number of nitrogens with one attached hydrogen (secondary N) is 2. The van der Waals surface area contributed by atoms with Crippen LogP contribution < -0.4 is 10.1 Å². The molecule has 0 spiro atoms. The molecular weight excluding hydrogens is 320 g/mol. The number of nitrogens with zero attached hydrogens (tertiary/aromatic N) is 2. The first kappa shape index (κ1) is 16.1. The van der Waals surface area contributed by atoms with E-state index < -0.39 is 0 Å². The molecule has 1 saturated heterocycles. The van der Waals surface area contributed by atoms with Crippen LogP contribution in [0, 0.1) is 6.92 Å². The van der Waals surface area contributed by atoms with Gasteiger partial charge in [-0.1, -0.05) is 0 Å². The fraction of sp³-hybridized carbons (Fsp3) is 0.500. The van der Waals surface area contributed by atoms with Gasteiger partial charge in [0.1, 0.15) is 11.9 Å². The van der Waals surface area contributed by atoms with Crippen LogP contribution in [0.3, 0.4) is 0 Å². The van der Waals surface area contributed by atoms with Gasteiger partial charge in [-0.25, -0.2) is 0 Å². The summed E-state index contributed by atoms with van der Waals surface area (Å²) in [4.78, 5) is 16.9. The highest BCUT2D eigenvalue weighted by molar-refractivity contribution is 5.94. The Hall–Kier alpha value is -2.41. The molecule has 0 aromatic carbocycles. The Morgan fingerprint density at radius 2 is 2.32 bits per heavy atom. The van der Waals surface area contributed by atoms with Crippen molar-refractivity contribution in [3.8, 4) is 5.75 Å². The molecule has 3 heterocycles. The van der Waals surface area contributed by atoms with Gasteiger partial charge in [0.25, 0.3) is 5.91 Å². The van der Waals surface area contributed by atoms with Crippen molar-refractivity contribution >= 4 is 5.91 Å². The van der Waals surface area contributed by atoms with Crippen LogP contribution in [-0.4, -0.2) is 46.4 Å². The van der Waals surface area contributed by atoms with Gasteiger partial charge in [0.15, 0.2) is 5.69 Å². The normalized spacial score (nSPS) is 22.4. The summed E-state index contributed by atoms with van der Waals surface area (Å²) in [6.45, 7) is 2.98. The predicted molar refractivity (Wildman–Crippen MR) is 90.7 cm³/mol. The Kier molecular flexibility index (Phi) is 4.40. The number of aromatic nitrogens is 3. The lowest BCUT2D eigenvalue weighted by molar-refractivity contribution is -0.0137. The molecule has 0 saturated carbocycles. The molecule has 7 heteroatoms. The maximum atomic E-state index is 12.7. The van der Waals surface area contributed by atoms with Crippen molar-refractivity contribution in [2.24, 2.45) is 0 Å². The van der Waals surface area contributed by atoms with Gasteiger partial charge < -0.3 is 14.8 Å². The minimum absolute atomic E-state index is 0.115. The molecule has 25 heavy (non-hydrogen) atoms. The standard InChI is InChI=1S/C18H22N4O3/c1-11-5-6-12(9-19-11)25-16-10-24-8-7-15(16)20-18(23)17-13-3-2-4-14(13)21-22-17/h5-6,9,15-16H,2-4,7-8,10H2,1H3,(H,20,23)(H,21,22)/t15-,16+/m0/s1. The molecule has 1 fully saturated rings. The summed E-state index contributed by atoms with van der Waals surface area (Å²) in [5, 5.41) is 10.3. The molecule has 0 radical (unpaired) electrons. The van der Waals surface area contributed by atoms with Gasteiger partial charge in [0.2, 0.25) is 0 Å². The van der Waals surface area contributed by atoms with E-state index in [1.807, 2.05) is 19.1 Å². The predicted octanol–water partition coefficient (Wildman–Crippen LogP) is 1.57. The van der Waals surface area contributed by atoms with E-state index in [0.29, 0.717) is 31.1 Å². The molecule has 7 nitrogen and oxygen atoms in total. The second-order valence-electron chi connectivity index (χ2n) is 6.62. The highest BCUT2D eigenvalue weighted by Gasteiger charge is 2.31. The van der Waals surface area contributed by atoms with Gasteiger partial charge in [-0.3, -0.25) is 14.9 Å². The number of aryl methyl sites for hydroxylation is 2. The average Bonchev–Trinajstić information content (AvgIpc) is 3.22. The molecule has 132 valence electrons. The Morgan fingerprint density at radius 1 is 1.40 bits per heavy atom. The van der Waals surface area contributed by atoms with Crippen molar-refractivity contribution in [3.05, 3.63) is 41.0 Å². The van der Waals surface area contributed by atoms with Crippen molar-refractivity contribution in [1.29, 1.82) is 0 Å². The zero-order chi connectivity index (χ0) is 17.2. The number of rotatable bonds is 4. The summed E-state index contributed by atoms with van der Waals surface area (Å²) in [6, 6.07) is 3.67. The Balaban J connectivity index is 1.45. The van der Waals surface area contributed by atoms with Gasteiger partial charge in [-0.15, -0.1) is 0 Å². The number of ether oxygens (including phenoxy) is 2. The van der Waals surface area contributed by atoms with Crippen LogP contribution in [0.4, 0.5) is 0 Å². The smallest absolute Gasteiger partial charge is 0.272 e. The van der Waals surface area contributed by atoms with Crippen LogP contribution in [0.5, 0.6) is 5.75 Å². The van der Waals surface area contributed by atoms with Gasteiger partial charge >= 0.3 is 0 Å². The Bertz CT molecular complexity index is 756. The fourth-order valence-corrected chi connectivity index (χ4v) is 3.44. The third-order valence-corrected chi connectivity index (χ3v) is 4.81. The number of hydrogen-bond donors (Lipinski definition) is 2. The van der Waals surface area contributed by atoms with Crippen LogP contribution in [0.2, 0.25) is 0 Å². The summed E-state index contributed by atoms with van der Waals surface area (Å²) < 4.78 is 11.5. The summed E-state index contributed by atoms with van der Waals surface area (Å²) in [6.07, 6.45) is 5.13. The van der Waals surface area contributed by atoms with E-state index in [0.717, 1.165) is 36.2 Å². The van der Waals surface area contributed by atoms with Crippen molar-refractivity contribution < 1.29 is 14.3 Å². The summed E-state index contributed by atoms with van der Waals surface area (Å²) >= 11 is 0. The van der Waals surface area contributed by atoms with E-state index >= 15 is 0 Å². The van der Waals surface area contributed by atoms with Gasteiger partial charge in [0.05, 0.1) is 18.8 Å². The van der Waals surface area contributed by atoms with Crippen molar-refractivity contribution in [1.82, 2.24) is 20.5 Å². The Morgan fingerprint density at radius 3 is 3.16 bits per heavy atom. The quantitative estimate of drug-likeness (QED) is 0.880. The number of H-pyrrole nitrogens is 1. The van der Waals surface area contributed by atoms with Crippen LogP contribution in [0.25, 0.3) is 0 Å². The highest BCUT2D eigenvalue weighted by atomic mass is 16.5. The molecule has 4 rings (SSSR count). The number of carbonyl (C=O) groups excluding carboxylic acids is 1.